The number of ketones is 1. The van der Waals surface area contributed by atoms with Gasteiger partial charge in [-0.2, -0.15) is 0 Å². The Hall–Kier alpha value is -2.16. The molecule has 194 valence electrons. The van der Waals surface area contributed by atoms with Gasteiger partial charge >= 0.3 is 5.97 Å². The van der Waals surface area contributed by atoms with E-state index < -0.39 is 34.8 Å². The van der Waals surface area contributed by atoms with Gasteiger partial charge in [0.15, 0.2) is 5.76 Å². The summed E-state index contributed by atoms with van der Waals surface area (Å²) in [7, 11) is 5.53. The van der Waals surface area contributed by atoms with Crippen molar-refractivity contribution in [3.63, 3.8) is 0 Å². The molecule has 2 fully saturated rings. The number of hydrogen-bond acceptors (Lipinski definition) is 8. The molecule has 1 saturated heterocycles. The van der Waals surface area contributed by atoms with E-state index in [1.165, 1.54) is 0 Å². The summed E-state index contributed by atoms with van der Waals surface area (Å²) in [4.78, 5) is 31.1. The average Bonchev–Trinajstić information content (AvgIpc) is 3.11. The number of cyclic esters (lactones) is 1. The van der Waals surface area contributed by atoms with E-state index in [1.807, 2.05) is 39.8 Å². The van der Waals surface area contributed by atoms with Gasteiger partial charge in [0.2, 0.25) is 5.78 Å². The van der Waals surface area contributed by atoms with Gasteiger partial charge in [-0.3, -0.25) is 4.79 Å². The van der Waals surface area contributed by atoms with Crippen LogP contribution in [0.3, 0.4) is 0 Å². The standard InChI is InChI=1S/C27H40N2O6/c1-7-29(13-12-28(4)5)14-16-22-24(32)23(31)21-17-8-9-19(30)26(17,2)11-10-18(21)27(22,3)20(15-34-6)35-25(16)33/h14,17,19-20,30,32H,7-13,15H2,1-6H3. The molecule has 1 aliphatic heterocycles. The molecule has 3 aliphatic carbocycles. The number of aliphatic hydroxyl groups excluding tert-OH is 2. The third-order valence-electron chi connectivity index (χ3n) is 8.97. The minimum atomic E-state index is -0.890. The Labute approximate surface area is 208 Å². The molecule has 8 nitrogen and oxygen atoms in total. The minimum absolute atomic E-state index is 0.130. The number of carbonyl (C=O) groups is 2. The monoisotopic (exact) mass is 488 g/mol. The van der Waals surface area contributed by atoms with E-state index in [-0.39, 0.29) is 23.9 Å². The summed E-state index contributed by atoms with van der Waals surface area (Å²) in [5, 5.41) is 22.2. The molecule has 35 heavy (non-hydrogen) atoms. The van der Waals surface area contributed by atoms with E-state index in [9.17, 15) is 19.8 Å². The highest BCUT2D eigenvalue weighted by Gasteiger charge is 2.61. The zero-order valence-electron chi connectivity index (χ0n) is 21.9. The molecule has 1 saturated carbocycles. The lowest BCUT2D eigenvalue weighted by atomic mass is 9.54. The van der Waals surface area contributed by atoms with Gasteiger partial charge < -0.3 is 29.5 Å². The molecule has 5 atom stereocenters. The van der Waals surface area contributed by atoms with Crippen LogP contribution in [-0.2, 0) is 19.1 Å². The van der Waals surface area contributed by atoms with Crippen LogP contribution in [0.25, 0.3) is 0 Å². The van der Waals surface area contributed by atoms with Crippen molar-refractivity contribution in [1.82, 2.24) is 9.80 Å². The van der Waals surface area contributed by atoms with Gasteiger partial charge in [0.25, 0.3) is 0 Å². The van der Waals surface area contributed by atoms with Gasteiger partial charge in [-0.05, 0) is 65.1 Å². The fraction of sp³-hybridized carbons (Fsp3) is 0.704. The molecule has 4 rings (SSSR count). The summed E-state index contributed by atoms with van der Waals surface area (Å²) < 4.78 is 11.4. The first-order valence-electron chi connectivity index (χ1n) is 12.7. The van der Waals surface area contributed by atoms with Gasteiger partial charge in [0.05, 0.1) is 23.7 Å². The third-order valence-corrected chi connectivity index (χ3v) is 8.97. The van der Waals surface area contributed by atoms with Crippen LogP contribution in [-0.4, -0.2) is 91.4 Å². The van der Waals surface area contributed by atoms with Gasteiger partial charge in [0, 0.05) is 49.5 Å². The zero-order valence-corrected chi connectivity index (χ0v) is 21.9. The number of hydrogen-bond donors (Lipinski definition) is 2. The van der Waals surface area contributed by atoms with Crippen LogP contribution < -0.4 is 0 Å². The molecule has 0 radical (unpaired) electrons. The first kappa shape index (κ1) is 25.9. The topological polar surface area (TPSA) is 99.5 Å². The van der Waals surface area contributed by atoms with E-state index in [0.717, 1.165) is 18.5 Å². The molecule has 0 aromatic heterocycles. The Balaban J connectivity index is 1.87. The van der Waals surface area contributed by atoms with E-state index in [1.54, 1.807) is 13.3 Å². The molecule has 0 aromatic carbocycles. The maximum absolute atomic E-state index is 13.8. The fourth-order valence-electron chi connectivity index (χ4n) is 6.71. The summed E-state index contributed by atoms with van der Waals surface area (Å²) in [6.07, 6.45) is 3.28. The van der Waals surface area contributed by atoms with Crippen LogP contribution in [0.4, 0.5) is 0 Å². The number of Topliss-reactive ketones (excluding diaryl/α,β-unsaturated/α-hetero) is 1. The van der Waals surface area contributed by atoms with Crippen LogP contribution in [0, 0.1) is 16.7 Å². The minimum Gasteiger partial charge on any atom is -0.504 e. The van der Waals surface area contributed by atoms with Crippen LogP contribution in [0.2, 0.25) is 0 Å². The van der Waals surface area contributed by atoms with Gasteiger partial charge in [-0.25, -0.2) is 4.79 Å². The van der Waals surface area contributed by atoms with Gasteiger partial charge in [-0.15, -0.1) is 0 Å². The summed E-state index contributed by atoms with van der Waals surface area (Å²) in [5.41, 5.74) is 0.830. The quantitative estimate of drug-likeness (QED) is 0.417. The Morgan fingerprint density at radius 3 is 2.54 bits per heavy atom. The number of fused-ring (bicyclic) bond motifs is 4. The lowest BCUT2D eigenvalue weighted by Gasteiger charge is -2.52. The zero-order chi connectivity index (χ0) is 25.7. The van der Waals surface area contributed by atoms with Crippen LogP contribution in [0.5, 0.6) is 0 Å². The summed E-state index contributed by atoms with van der Waals surface area (Å²) in [6, 6.07) is 0. The van der Waals surface area contributed by atoms with Crippen molar-refractivity contribution in [3.05, 3.63) is 34.3 Å². The lowest BCUT2D eigenvalue weighted by Crippen LogP contribution is -2.53. The number of likely N-dealkylation sites (N-methyl/N-ethyl adjacent to an activating group) is 2. The molecule has 4 aliphatic rings. The summed E-state index contributed by atoms with van der Waals surface area (Å²) in [5.74, 6) is -1.46. The molecule has 0 aromatic rings. The van der Waals surface area contributed by atoms with E-state index >= 15 is 0 Å². The number of carbonyl (C=O) groups excluding carboxylic acids is 2. The normalized spacial score (nSPS) is 35.9. The average molecular weight is 489 g/mol. The molecule has 0 bridgehead atoms. The number of methoxy groups -OCH3 is 1. The smallest absolute Gasteiger partial charge is 0.340 e. The van der Waals surface area contributed by atoms with Crippen molar-refractivity contribution < 1.29 is 29.3 Å². The highest BCUT2D eigenvalue weighted by Crippen LogP contribution is 2.62. The van der Waals surface area contributed by atoms with Crippen molar-refractivity contribution in [3.8, 4) is 0 Å². The fourth-order valence-corrected chi connectivity index (χ4v) is 6.71. The molecular formula is C27H40N2O6. The largest absolute Gasteiger partial charge is 0.504 e. The number of nitrogens with zero attached hydrogens (tertiary/aromatic N) is 2. The molecular weight excluding hydrogens is 448 g/mol. The predicted octanol–water partition coefficient (Wildman–Crippen LogP) is 2.59. The second-order valence-corrected chi connectivity index (χ2v) is 11.1. The molecule has 2 N–H and O–H groups in total. The number of rotatable bonds is 7. The van der Waals surface area contributed by atoms with E-state index in [0.29, 0.717) is 43.5 Å². The van der Waals surface area contributed by atoms with Crippen molar-refractivity contribution >= 4 is 11.8 Å². The van der Waals surface area contributed by atoms with Crippen molar-refractivity contribution in [1.29, 1.82) is 0 Å². The molecule has 0 spiro atoms. The Morgan fingerprint density at radius 2 is 1.91 bits per heavy atom. The lowest BCUT2D eigenvalue weighted by molar-refractivity contribution is -0.156. The Kier molecular flexibility index (Phi) is 6.94. The first-order valence-corrected chi connectivity index (χ1v) is 12.7. The molecule has 8 heteroatoms. The molecule has 1 heterocycles. The van der Waals surface area contributed by atoms with Crippen molar-refractivity contribution in [2.45, 2.75) is 58.7 Å². The Morgan fingerprint density at radius 1 is 1.20 bits per heavy atom. The summed E-state index contributed by atoms with van der Waals surface area (Å²) in [6.45, 7) is 8.31. The second kappa shape index (κ2) is 9.37. The molecule has 0 amide bonds. The maximum atomic E-state index is 13.8. The highest BCUT2D eigenvalue weighted by molar-refractivity contribution is 6.12. The molecule has 5 unspecified atom stereocenters. The number of allylic oxidation sites excluding steroid dienone is 1. The predicted molar refractivity (Wildman–Crippen MR) is 132 cm³/mol. The van der Waals surface area contributed by atoms with Crippen LogP contribution in [0.15, 0.2) is 34.3 Å². The van der Waals surface area contributed by atoms with E-state index in [4.69, 9.17) is 9.47 Å². The Bertz CT molecular complexity index is 998. The van der Waals surface area contributed by atoms with Crippen LogP contribution in [0.1, 0.15) is 46.5 Å². The van der Waals surface area contributed by atoms with Gasteiger partial charge in [-0.1, -0.05) is 6.92 Å². The second-order valence-electron chi connectivity index (χ2n) is 11.1. The van der Waals surface area contributed by atoms with Crippen molar-refractivity contribution in [2.24, 2.45) is 16.7 Å². The number of aliphatic hydroxyl groups is 2. The number of esters is 1. The SMILES string of the molecule is CCN(C=C1C(=O)OC(COC)C2(C)C3=C(C(=O)C(O)=C12)C1CCC(O)C1(C)CC3)CCN(C)C. The first-order chi connectivity index (χ1) is 16.5. The highest BCUT2D eigenvalue weighted by atomic mass is 16.6. The van der Waals surface area contributed by atoms with E-state index in [2.05, 4.69) is 4.90 Å². The van der Waals surface area contributed by atoms with Gasteiger partial charge in [0.1, 0.15) is 6.10 Å². The number of ether oxygens (including phenoxy) is 2. The van der Waals surface area contributed by atoms with Crippen LogP contribution >= 0.6 is 0 Å². The third kappa shape index (κ3) is 3.94. The maximum Gasteiger partial charge on any atom is 0.340 e. The summed E-state index contributed by atoms with van der Waals surface area (Å²) >= 11 is 0. The van der Waals surface area contributed by atoms with Crippen molar-refractivity contribution in [2.75, 3.05) is 47.4 Å².